The first kappa shape index (κ1) is 16.9. The van der Waals surface area contributed by atoms with E-state index in [0.717, 1.165) is 39.1 Å². The van der Waals surface area contributed by atoms with Gasteiger partial charge >= 0.3 is 0 Å². The summed E-state index contributed by atoms with van der Waals surface area (Å²) in [5, 5.41) is 3.72. The highest BCUT2D eigenvalue weighted by Crippen LogP contribution is 2.47. The lowest BCUT2D eigenvalue weighted by molar-refractivity contribution is -0.192. The number of unbranched alkanes of at least 4 members (excludes halogenated alkanes) is 1. The van der Waals surface area contributed by atoms with Crippen LogP contribution in [0.1, 0.15) is 57.4 Å². The van der Waals surface area contributed by atoms with Crippen LogP contribution in [0.25, 0.3) is 0 Å². The van der Waals surface area contributed by atoms with Gasteiger partial charge in [-0.3, -0.25) is 0 Å². The van der Waals surface area contributed by atoms with Crippen LogP contribution in [-0.4, -0.2) is 25.5 Å². The molecule has 0 atom stereocenters. The molecule has 1 aromatic carbocycles. The Hall–Kier alpha value is -0.900. The summed E-state index contributed by atoms with van der Waals surface area (Å²) in [6.45, 7) is 5.91. The predicted octanol–water partition coefficient (Wildman–Crippen LogP) is 4.27. The maximum Gasteiger partial charge on any atom is 0.168 e. The minimum atomic E-state index is -0.241. The van der Waals surface area contributed by atoms with E-state index < -0.39 is 0 Å². The molecule has 3 nitrogen and oxygen atoms in total. The zero-order valence-electron chi connectivity index (χ0n) is 14.5. The lowest BCUT2D eigenvalue weighted by atomic mass is 9.69. The van der Waals surface area contributed by atoms with Gasteiger partial charge in [-0.25, -0.2) is 0 Å². The molecule has 3 heteroatoms. The van der Waals surface area contributed by atoms with Crippen molar-refractivity contribution in [3.63, 3.8) is 0 Å². The van der Waals surface area contributed by atoms with Crippen molar-refractivity contribution in [2.45, 2.75) is 64.2 Å². The molecule has 1 aromatic rings. The molecule has 1 saturated heterocycles. The Kier molecular flexibility index (Phi) is 5.73. The molecule has 128 valence electrons. The minimum Gasteiger partial charge on any atom is -0.348 e. The van der Waals surface area contributed by atoms with Crippen LogP contribution in [0.3, 0.4) is 0 Å². The van der Waals surface area contributed by atoms with Crippen molar-refractivity contribution in [2.24, 2.45) is 5.41 Å². The summed E-state index contributed by atoms with van der Waals surface area (Å²) in [6.07, 6.45) is 8.47. The van der Waals surface area contributed by atoms with Crippen molar-refractivity contribution in [3.05, 3.63) is 35.9 Å². The number of ether oxygens (including phenoxy) is 2. The van der Waals surface area contributed by atoms with Gasteiger partial charge in [-0.2, -0.15) is 0 Å². The topological polar surface area (TPSA) is 30.5 Å². The Bertz CT molecular complexity index is 458. The summed E-state index contributed by atoms with van der Waals surface area (Å²) in [5.41, 5.74) is 1.79. The van der Waals surface area contributed by atoms with Crippen LogP contribution in [0.5, 0.6) is 0 Å². The Morgan fingerprint density at radius 1 is 1.00 bits per heavy atom. The average molecular weight is 317 g/mol. The number of benzene rings is 1. The number of hydrogen-bond acceptors (Lipinski definition) is 3. The van der Waals surface area contributed by atoms with Crippen molar-refractivity contribution >= 4 is 0 Å². The van der Waals surface area contributed by atoms with E-state index in [9.17, 15) is 0 Å². The smallest absolute Gasteiger partial charge is 0.168 e. The third-order valence-electron chi connectivity index (χ3n) is 5.62. The molecule has 1 N–H and O–H groups in total. The zero-order valence-corrected chi connectivity index (χ0v) is 14.5. The molecule has 1 spiro atoms. The fraction of sp³-hybridized carbons (Fsp3) is 0.700. The second-order valence-corrected chi connectivity index (χ2v) is 7.30. The summed E-state index contributed by atoms with van der Waals surface area (Å²) in [7, 11) is 0. The number of nitrogens with one attached hydrogen (secondary N) is 1. The quantitative estimate of drug-likeness (QED) is 0.814. The van der Waals surface area contributed by atoms with Gasteiger partial charge < -0.3 is 14.8 Å². The second-order valence-electron chi connectivity index (χ2n) is 7.30. The van der Waals surface area contributed by atoms with Crippen LogP contribution in [0.15, 0.2) is 30.3 Å². The summed E-state index contributed by atoms with van der Waals surface area (Å²) < 4.78 is 11.8. The maximum absolute atomic E-state index is 5.91. The van der Waals surface area contributed by atoms with Crippen LogP contribution in [0.4, 0.5) is 0 Å². The Labute approximate surface area is 140 Å². The van der Waals surface area contributed by atoms with E-state index in [2.05, 4.69) is 42.6 Å². The highest BCUT2D eigenvalue weighted by Gasteiger charge is 2.45. The van der Waals surface area contributed by atoms with E-state index in [4.69, 9.17) is 9.47 Å². The second kappa shape index (κ2) is 7.78. The fourth-order valence-corrected chi connectivity index (χ4v) is 4.08. The molecule has 1 saturated carbocycles. The number of hydrogen-bond donors (Lipinski definition) is 1. The Balaban J connectivity index is 1.54. The van der Waals surface area contributed by atoms with Crippen LogP contribution >= 0.6 is 0 Å². The first-order chi connectivity index (χ1) is 11.3. The third kappa shape index (κ3) is 4.34. The van der Waals surface area contributed by atoms with E-state index in [0.29, 0.717) is 5.41 Å². The van der Waals surface area contributed by atoms with Crippen molar-refractivity contribution in [1.82, 2.24) is 5.32 Å². The van der Waals surface area contributed by atoms with E-state index in [1.54, 1.807) is 0 Å². The van der Waals surface area contributed by atoms with Gasteiger partial charge in [-0.05, 0) is 30.2 Å². The van der Waals surface area contributed by atoms with E-state index in [-0.39, 0.29) is 5.79 Å². The molecule has 1 aliphatic carbocycles. The Morgan fingerprint density at radius 3 is 2.35 bits per heavy atom. The van der Waals surface area contributed by atoms with Gasteiger partial charge in [0.15, 0.2) is 5.79 Å². The van der Waals surface area contributed by atoms with E-state index >= 15 is 0 Å². The van der Waals surface area contributed by atoms with Crippen molar-refractivity contribution in [1.29, 1.82) is 0 Å². The molecule has 2 aliphatic rings. The van der Waals surface area contributed by atoms with Crippen LogP contribution in [-0.2, 0) is 16.0 Å². The van der Waals surface area contributed by atoms with Gasteiger partial charge in [0.05, 0.1) is 13.2 Å². The molecule has 0 radical (unpaired) electrons. The lowest BCUT2D eigenvalue weighted by Crippen LogP contribution is -2.44. The van der Waals surface area contributed by atoms with Crippen LogP contribution in [0.2, 0.25) is 0 Å². The predicted molar refractivity (Wildman–Crippen MR) is 93.2 cm³/mol. The van der Waals surface area contributed by atoms with Gasteiger partial charge in [0.25, 0.3) is 0 Å². The lowest BCUT2D eigenvalue weighted by Gasteiger charge is -2.44. The molecular formula is C20H31NO2. The fourth-order valence-electron chi connectivity index (χ4n) is 4.08. The molecule has 23 heavy (non-hydrogen) atoms. The molecular weight excluding hydrogens is 286 g/mol. The van der Waals surface area contributed by atoms with Crippen LogP contribution in [0, 0.1) is 5.41 Å². The van der Waals surface area contributed by atoms with E-state index in [1.165, 1.54) is 37.7 Å². The highest BCUT2D eigenvalue weighted by molar-refractivity contribution is 5.14. The highest BCUT2D eigenvalue weighted by atomic mass is 16.7. The summed E-state index contributed by atoms with van der Waals surface area (Å²) in [4.78, 5) is 0. The zero-order chi connectivity index (χ0) is 16.0. The summed E-state index contributed by atoms with van der Waals surface area (Å²) >= 11 is 0. The van der Waals surface area contributed by atoms with E-state index in [1.807, 2.05) is 0 Å². The van der Waals surface area contributed by atoms with Crippen molar-refractivity contribution in [2.75, 3.05) is 19.8 Å². The minimum absolute atomic E-state index is 0.241. The molecule has 3 rings (SSSR count). The van der Waals surface area contributed by atoms with Crippen molar-refractivity contribution in [3.8, 4) is 0 Å². The van der Waals surface area contributed by atoms with Crippen molar-refractivity contribution < 1.29 is 9.47 Å². The molecule has 0 bridgehead atoms. The summed E-state index contributed by atoms with van der Waals surface area (Å²) in [6, 6.07) is 10.7. The van der Waals surface area contributed by atoms with Gasteiger partial charge in [0.1, 0.15) is 0 Å². The SMILES string of the molecule is CCCCC1(CNCc2ccccc2)CCC2(CC1)OCCO2. The maximum atomic E-state index is 5.91. The monoisotopic (exact) mass is 317 g/mol. The molecule has 0 amide bonds. The standard InChI is InChI=1S/C20H31NO2/c1-2-3-9-19(17-21-16-18-7-5-4-6-8-18)10-12-20(13-11-19)22-14-15-23-20/h4-8,21H,2-3,9-17H2,1H3. The molecule has 0 aromatic heterocycles. The van der Waals surface area contributed by atoms with Gasteiger partial charge in [-0.15, -0.1) is 0 Å². The first-order valence-electron chi connectivity index (χ1n) is 9.29. The largest absolute Gasteiger partial charge is 0.348 e. The van der Waals surface area contributed by atoms with Gasteiger partial charge in [0.2, 0.25) is 0 Å². The Morgan fingerprint density at radius 2 is 1.70 bits per heavy atom. The summed E-state index contributed by atoms with van der Waals surface area (Å²) in [5.74, 6) is -0.241. The molecule has 1 aliphatic heterocycles. The van der Waals surface area contributed by atoms with Gasteiger partial charge in [0, 0.05) is 25.9 Å². The third-order valence-corrected chi connectivity index (χ3v) is 5.62. The van der Waals surface area contributed by atoms with Gasteiger partial charge in [-0.1, -0.05) is 50.1 Å². The normalized spacial score (nSPS) is 22.5. The average Bonchev–Trinajstić information content (AvgIpc) is 3.05. The molecule has 2 fully saturated rings. The molecule has 1 heterocycles. The molecule has 0 unspecified atom stereocenters. The first-order valence-corrected chi connectivity index (χ1v) is 9.29. The number of rotatable bonds is 7. The van der Waals surface area contributed by atoms with Crippen LogP contribution < -0.4 is 5.32 Å².